The largest absolute Gasteiger partial charge is 0.103 e. The summed E-state index contributed by atoms with van der Waals surface area (Å²) < 4.78 is 0. The van der Waals surface area contributed by atoms with Crippen LogP contribution in [-0.2, 0) is 0 Å². The van der Waals surface area contributed by atoms with Crippen molar-refractivity contribution >= 4 is 15.9 Å². The first-order chi connectivity index (χ1) is 4.38. The van der Waals surface area contributed by atoms with E-state index in [-0.39, 0.29) is 0 Å². The molecule has 0 bridgehead atoms. The van der Waals surface area contributed by atoms with Gasteiger partial charge in [-0.05, 0) is 31.1 Å². The van der Waals surface area contributed by atoms with Crippen molar-refractivity contribution in [1.29, 1.82) is 0 Å². The molecule has 0 aliphatic heterocycles. The summed E-state index contributed by atoms with van der Waals surface area (Å²) in [7, 11) is 0. The Kier molecular flexibility index (Phi) is 2.77. The molecular formula is C8H13Br. The molecule has 0 nitrogen and oxygen atoms in total. The molecule has 1 fully saturated rings. The monoisotopic (exact) mass is 188 g/mol. The minimum Gasteiger partial charge on any atom is -0.103 e. The fourth-order valence-corrected chi connectivity index (χ4v) is 1.96. The Morgan fingerprint density at radius 3 is 2.67 bits per heavy atom. The summed E-state index contributed by atoms with van der Waals surface area (Å²) >= 11 is 3.51. The Morgan fingerprint density at radius 1 is 1.67 bits per heavy atom. The van der Waals surface area contributed by atoms with Crippen LogP contribution in [0.15, 0.2) is 12.7 Å². The molecule has 1 aliphatic rings. The zero-order valence-electron chi connectivity index (χ0n) is 5.65. The number of rotatable bonds is 4. The van der Waals surface area contributed by atoms with Gasteiger partial charge in [0.15, 0.2) is 0 Å². The van der Waals surface area contributed by atoms with Crippen LogP contribution in [0.5, 0.6) is 0 Å². The molecule has 0 amide bonds. The van der Waals surface area contributed by atoms with E-state index in [2.05, 4.69) is 22.5 Å². The second-order valence-electron chi connectivity index (χ2n) is 2.78. The van der Waals surface area contributed by atoms with Crippen molar-refractivity contribution < 1.29 is 0 Å². The van der Waals surface area contributed by atoms with Crippen LogP contribution in [0.1, 0.15) is 19.3 Å². The van der Waals surface area contributed by atoms with Crippen LogP contribution in [-0.4, -0.2) is 5.33 Å². The lowest BCUT2D eigenvalue weighted by molar-refractivity contribution is 0.530. The lowest BCUT2D eigenvalue weighted by Crippen LogP contribution is -2.01. The van der Waals surface area contributed by atoms with E-state index in [1.54, 1.807) is 0 Å². The molecule has 0 aromatic heterocycles. The molecule has 1 heteroatoms. The second-order valence-corrected chi connectivity index (χ2v) is 3.42. The average Bonchev–Trinajstić information content (AvgIpc) is 2.64. The third-order valence-electron chi connectivity index (χ3n) is 1.96. The fraction of sp³-hybridized carbons (Fsp3) is 0.750. The maximum atomic E-state index is 3.74. The van der Waals surface area contributed by atoms with E-state index in [0.717, 1.165) is 17.2 Å². The third-order valence-corrected chi connectivity index (χ3v) is 2.79. The maximum Gasteiger partial charge on any atom is 0.00652 e. The molecular weight excluding hydrogens is 176 g/mol. The molecule has 0 heterocycles. The molecule has 0 aromatic rings. The number of hydrogen-bond donors (Lipinski definition) is 0. The zero-order valence-corrected chi connectivity index (χ0v) is 7.23. The average molecular weight is 189 g/mol. The van der Waals surface area contributed by atoms with Gasteiger partial charge in [-0.15, -0.1) is 6.58 Å². The first-order valence-electron chi connectivity index (χ1n) is 3.55. The SMILES string of the molecule is C=CCC(CBr)C1CC1. The molecule has 0 spiro atoms. The van der Waals surface area contributed by atoms with Gasteiger partial charge in [0.1, 0.15) is 0 Å². The van der Waals surface area contributed by atoms with Crippen molar-refractivity contribution in [2.75, 3.05) is 5.33 Å². The van der Waals surface area contributed by atoms with E-state index >= 15 is 0 Å². The third kappa shape index (κ3) is 2.13. The molecule has 1 saturated carbocycles. The van der Waals surface area contributed by atoms with Crippen molar-refractivity contribution in [2.24, 2.45) is 11.8 Å². The molecule has 1 aliphatic carbocycles. The highest BCUT2D eigenvalue weighted by atomic mass is 79.9. The lowest BCUT2D eigenvalue weighted by atomic mass is 10.0. The van der Waals surface area contributed by atoms with Crippen LogP contribution < -0.4 is 0 Å². The highest BCUT2D eigenvalue weighted by molar-refractivity contribution is 9.09. The standard InChI is InChI=1S/C8H13Br/c1-2-3-8(6-9)7-4-5-7/h2,7-8H,1,3-6H2. The lowest BCUT2D eigenvalue weighted by Gasteiger charge is -2.07. The first-order valence-corrected chi connectivity index (χ1v) is 4.67. The Labute approximate surface area is 65.5 Å². The van der Waals surface area contributed by atoms with Gasteiger partial charge in [0.05, 0.1) is 0 Å². The normalized spacial score (nSPS) is 21.4. The predicted octanol–water partition coefficient (Wildman–Crippen LogP) is 2.98. The van der Waals surface area contributed by atoms with Gasteiger partial charge in [0.2, 0.25) is 0 Å². The topological polar surface area (TPSA) is 0 Å². The Balaban J connectivity index is 2.20. The van der Waals surface area contributed by atoms with Crippen LogP contribution in [0.4, 0.5) is 0 Å². The zero-order chi connectivity index (χ0) is 6.69. The summed E-state index contributed by atoms with van der Waals surface area (Å²) in [5.74, 6) is 1.89. The van der Waals surface area contributed by atoms with E-state index in [1.807, 2.05) is 6.08 Å². The van der Waals surface area contributed by atoms with Crippen LogP contribution >= 0.6 is 15.9 Å². The fourth-order valence-electron chi connectivity index (χ4n) is 1.16. The van der Waals surface area contributed by atoms with Gasteiger partial charge in [-0.3, -0.25) is 0 Å². The molecule has 0 N–H and O–H groups in total. The van der Waals surface area contributed by atoms with Crippen molar-refractivity contribution in [1.82, 2.24) is 0 Å². The molecule has 9 heavy (non-hydrogen) atoms. The van der Waals surface area contributed by atoms with E-state index < -0.39 is 0 Å². The highest BCUT2D eigenvalue weighted by Crippen LogP contribution is 2.39. The quantitative estimate of drug-likeness (QED) is 0.471. The van der Waals surface area contributed by atoms with Gasteiger partial charge in [-0.2, -0.15) is 0 Å². The Bertz CT molecular complexity index is 94.7. The van der Waals surface area contributed by atoms with Crippen molar-refractivity contribution in [3.8, 4) is 0 Å². The molecule has 52 valence electrons. The minimum atomic E-state index is 0.877. The van der Waals surface area contributed by atoms with Gasteiger partial charge in [0, 0.05) is 5.33 Å². The number of hydrogen-bond acceptors (Lipinski definition) is 0. The minimum absolute atomic E-state index is 0.877. The molecule has 1 atom stereocenters. The second kappa shape index (κ2) is 3.40. The molecule has 0 radical (unpaired) electrons. The van der Waals surface area contributed by atoms with Gasteiger partial charge in [0.25, 0.3) is 0 Å². The van der Waals surface area contributed by atoms with Gasteiger partial charge in [-0.25, -0.2) is 0 Å². The number of allylic oxidation sites excluding steroid dienone is 1. The van der Waals surface area contributed by atoms with Gasteiger partial charge >= 0.3 is 0 Å². The Morgan fingerprint density at radius 2 is 2.33 bits per heavy atom. The van der Waals surface area contributed by atoms with E-state index in [0.29, 0.717) is 0 Å². The summed E-state index contributed by atoms with van der Waals surface area (Å²) in [5, 5.41) is 1.16. The summed E-state index contributed by atoms with van der Waals surface area (Å²) in [6.45, 7) is 3.74. The van der Waals surface area contributed by atoms with Crippen LogP contribution in [0.2, 0.25) is 0 Å². The predicted molar refractivity (Wildman–Crippen MR) is 44.8 cm³/mol. The van der Waals surface area contributed by atoms with Crippen molar-refractivity contribution in [3.63, 3.8) is 0 Å². The number of halogens is 1. The van der Waals surface area contributed by atoms with Gasteiger partial charge < -0.3 is 0 Å². The molecule has 0 saturated heterocycles. The van der Waals surface area contributed by atoms with E-state index in [4.69, 9.17) is 0 Å². The van der Waals surface area contributed by atoms with Crippen molar-refractivity contribution in [3.05, 3.63) is 12.7 Å². The summed E-state index contributed by atoms with van der Waals surface area (Å²) in [4.78, 5) is 0. The van der Waals surface area contributed by atoms with E-state index in [9.17, 15) is 0 Å². The van der Waals surface area contributed by atoms with Crippen LogP contribution in [0, 0.1) is 11.8 Å². The van der Waals surface area contributed by atoms with Crippen LogP contribution in [0.25, 0.3) is 0 Å². The van der Waals surface area contributed by atoms with Crippen molar-refractivity contribution in [2.45, 2.75) is 19.3 Å². The van der Waals surface area contributed by atoms with Crippen LogP contribution in [0.3, 0.4) is 0 Å². The Hall–Kier alpha value is 0.220. The summed E-state index contributed by atoms with van der Waals surface area (Å²) in [5.41, 5.74) is 0. The molecule has 1 unspecified atom stereocenters. The summed E-state index contributed by atoms with van der Waals surface area (Å²) in [6, 6.07) is 0. The molecule has 1 rings (SSSR count). The smallest absolute Gasteiger partial charge is 0.00652 e. The first kappa shape index (κ1) is 7.33. The van der Waals surface area contributed by atoms with Gasteiger partial charge in [-0.1, -0.05) is 22.0 Å². The van der Waals surface area contributed by atoms with E-state index in [1.165, 1.54) is 19.3 Å². The highest BCUT2D eigenvalue weighted by Gasteiger charge is 2.28. The molecule has 0 aromatic carbocycles. The summed E-state index contributed by atoms with van der Waals surface area (Å²) in [6.07, 6.45) is 6.12. The maximum absolute atomic E-state index is 3.74. The number of alkyl halides is 1.